The van der Waals surface area contributed by atoms with E-state index in [1.807, 2.05) is 0 Å². The third-order valence-electron chi connectivity index (χ3n) is 4.26. The number of sulfonamides is 1. The molecule has 134 valence electrons. The minimum Gasteiger partial charge on any atom is -0.396 e. The van der Waals surface area contributed by atoms with E-state index in [4.69, 9.17) is 5.11 Å². The minimum atomic E-state index is -3.67. The first-order valence-corrected chi connectivity index (χ1v) is 9.39. The Morgan fingerprint density at radius 1 is 1.33 bits per heavy atom. The van der Waals surface area contributed by atoms with Gasteiger partial charge in [0.2, 0.25) is 15.9 Å². The lowest BCUT2D eigenvalue weighted by atomic mass is 9.81. The van der Waals surface area contributed by atoms with Gasteiger partial charge < -0.3 is 10.4 Å². The van der Waals surface area contributed by atoms with Crippen molar-refractivity contribution in [3.63, 3.8) is 0 Å². The summed E-state index contributed by atoms with van der Waals surface area (Å²) in [5.74, 6) is -0.320. The van der Waals surface area contributed by atoms with E-state index < -0.39 is 15.8 Å². The third-order valence-corrected chi connectivity index (χ3v) is 6.13. The molecule has 0 aromatic heterocycles. The van der Waals surface area contributed by atoms with Gasteiger partial charge in [0.05, 0.1) is 4.90 Å². The van der Waals surface area contributed by atoms with Crippen LogP contribution < -0.4 is 5.32 Å². The monoisotopic (exact) mass is 358 g/mol. The van der Waals surface area contributed by atoms with E-state index in [1.54, 1.807) is 0 Å². The first-order chi connectivity index (χ1) is 11.3. The number of nitrogens with one attached hydrogen (secondary N) is 1. The highest BCUT2D eigenvalue weighted by molar-refractivity contribution is 7.89. The van der Waals surface area contributed by atoms with Crippen molar-refractivity contribution in [2.45, 2.75) is 36.6 Å². The second-order valence-electron chi connectivity index (χ2n) is 6.17. The van der Waals surface area contributed by atoms with Gasteiger partial charge in [-0.3, -0.25) is 4.79 Å². The molecule has 0 heterocycles. The largest absolute Gasteiger partial charge is 0.396 e. The van der Waals surface area contributed by atoms with Gasteiger partial charge >= 0.3 is 0 Å². The number of hydrogen-bond acceptors (Lipinski definition) is 4. The first kappa shape index (κ1) is 18.8. The Balaban J connectivity index is 1.75. The van der Waals surface area contributed by atoms with Crippen molar-refractivity contribution in [2.75, 3.05) is 20.2 Å². The number of aliphatic hydroxyl groups is 1. The summed E-state index contributed by atoms with van der Waals surface area (Å²) in [5.41, 5.74) is 0. The highest BCUT2D eigenvalue weighted by Gasteiger charge is 2.29. The molecule has 1 fully saturated rings. The van der Waals surface area contributed by atoms with Crippen LogP contribution in [0.3, 0.4) is 0 Å². The van der Waals surface area contributed by atoms with Gasteiger partial charge in [0.1, 0.15) is 5.82 Å². The second-order valence-corrected chi connectivity index (χ2v) is 8.21. The molecule has 1 amide bonds. The molecule has 1 aromatic carbocycles. The molecule has 0 unspecified atom stereocenters. The van der Waals surface area contributed by atoms with Gasteiger partial charge in [-0.25, -0.2) is 17.1 Å². The van der Waals surface area contributed by atoms with Gasteiger partial charge in [-0.1, -0.05) is 0 Å². The van der Waals surface area contributed by atoms with E-state index in [0.29, 0.717) is 6.42 Å². The van der Waals surface area contributed by atoms with Crippen molar-refractivity contribution in [1.29, 1.82) is 0 Å². The third kappa shape index (κ3) is 4.75. The number of carbonyl (C=O) groups excluding carboxylic acids is 1. The summed E-state index contributed by atoms with van der Waals surface area (Å²) >= 11 is 0. The number of halogens is 1. The van der Waals surface area contributed by atoms with Crippen LogP contribution in [0.15, 0.2) is 29.2 Å². The fourth-order valence-corrected chi connectivity index (χ4v) is 3.88. The quantitative estimate of drug-likeness (QED) is 0.729. The molecular weight excluding hydrogens is 335 g/mol. The molecule has 2 rings (SSSR count). The highest BCUT2D eigenvalue weighted by atomic mass is 32.2. The lowest BCUT2D eigenvalue weighted by Gasteiger charge is -2.34. The van der Waals surface area contributed by atoms with Crippen molar-refractivity contribution in [2.24, 2.45) is 5.92 Å². The molecule has 0 spiro atoms. The summed E-state index contributed by atoms with van der Waals surface area (Å²) < 4.78 is 38.7. The van der Waals surface area contributed by atoms with E-state index >= 15 is 0 Å². The number of benzene rings is 1. The van der Waals surface area contributed by atoms with Crippen LogP contribution in [-0.2, 0) is 14.8 Å². The van der Waals surface area contributed by atoms with Crippen LogP contribution in [0.2, 0.25) is 0 Å². The molecule has 1 aromatic rings. The standard InChI is InChI=1S/C16H23FN2O4S/c1-19(24(22,23)15-6-4-13(17)5-7-15)8-2-3-16(21)18-14-9-12(10-14)11-20/h4-7,12,14,20H,2-3,8-11H2,1H3,(H,18,21). The Morgan fingerprint density at radius 3 is 2.54 bits per heavy atom. The fraction of sp³-hybridized carbons (Fsp3) is 0.562. The molecular formula is C16H23FN2O4S. The second kappa shape index (κ2) is 8.04. The minimum absolute atomic E-state index is 0.0281. The molecule has 8 heteroatoms. The molecule has 1 aliphatic carbocycles. The maximum absolute atomic E-state index is 12.9. The summed E-state index contributed by atoms with van der Waals surface area (Å²) in [5, 5.41) is 11.8. The Morgan fingerprint density at radius 2 is 1.96 bits per heavy atom. The predicted octanol–water partition coefficient (Wildman–Crippen LogP) is 1.11. The Hall–Kier alpha value is -1.51. The van der Waals surface area contributed by atoms with Gasteiger partial charge in [0, 0.05) is 32.7 Å². The van der Waals surface area contributed by atoms with Crippen LogP contribution >= 0.6 is 0 Å². The summed E-state index contributed by atoms with van der Waals surface area (Å²) in [6, 6.07) is 4.78. The fourth-order valence-electron chi connectivity index (χ4n) is 2.67. The molecule has 1 aliphatic rings. The SMILES string of the molecule is CN(CCCC(=O)NC1CC(CO)C1)S(=O)(=O)c1ccc(F)cc1. The molecule has 6 nitrogen and oxygen atoms in total. The normalized spacial score (nSPS) is 20.7. The van der Waals surface area contributed by atoms with Crippen molar-refractivity contribution in [3.8, 4) is 0 Å². The van der Waals surface area contributed by atoms with E-state index in [2.05, 4.69) is 5.32 Å². The highest BCUT2D eigenvalue weighted by Crippen LogP contribution is 2.26. The number of aliphatic hydroxyl groups excluding tert-OH is 1. The van der Waals surface area contributed by atoms with Gasteiger partial charge in [-0.15, -0.1) is 0 Å². The van der Waals surface area contributed by atoms with Crippen molar-refractivity contribution < 1.29 is 22.7 Å². The van der Waals surface area contributed by atoms with Crippen molar-refractivity contribution in [1.82, 2.24) is 9.62 Å². The molecule has 0 bridgehead atoms. The summed E-state index contributed by atoms with van der Waals surface area (Å²) in [7, 11) is -2.23. The van der Waals surface area contributed by atoms with Crippen LogP contribution in [0.25, 0.3) is 0 Å². The van der Waals surface area contributed by atoms with Crippen LogP contribution in [0.1, 0.15) is 25.7 Å². The van der Waals surface area contributed by atoms with Crippen LogP contribution in [-0.4, -0.2) is 50.0 Å². The van der Waals surface area contributed by atoms with Crippen LogP contribution in [0.4, 0.5) is 4.39 Å². The van der Waals surface area contributed by atoms with Crippen molar-refractivity contribution in [3.05, 3.63) is 30.1 Å². The number of carbonyl (C=O) groups is 1. The first-order valence-electron chi connectivity index (χ1n) is 7.95. The smallest absolute Gasteiger partial charge is 0.242 e. The average Bonchev–Trinajstić information content (AvgIpc) is 2.50. The van der Waals surface area contributed by atoms with Gasteiger partial charge in [0.15, 0.2) is 0 Å². The van der Waals surface area contributed by atoms with E-state index in [1.165, 1.54) is 23.5 Å². The Kier molecular flexibility index (Phi) is 6.31. The topological polar surface area (TPSA) is 86.7 Å². The van der Waals surface area contributed by atoms with Gasteiger partial charge in [-0.05, 0) is 49.4 Å². The molecule has 0 atom stereocenters. The molecule has 2 N–H and O–H groups in total. The molecule has 1 saturated carbocycles. The van der Waals surface area contributed by atoms with Gasteiger partial charge in [-0.2, -0.15) is 0 Å². The lowest BCUT2D eigenvalue weighted by molar-refractivity contribution is -0.122. The zero-order chi connectivity index (χ0) is 17.7. The van der Waals surface area contributed by atoms with E-state index in [9.17, 15) is 17.6 Å². The van der Waals surface area contributed by atoms with E-state index in [-0.39, 0.29) is 42.3 Å². The molecule has 0 aliphatic heterocycles. The van der Waals surface area contributed by atoms with E-state index in [0.717, 1.165) is 25.0 Å². The summed E-state index contributed by atoms with van der Waals surface area (Å²) in [6.07, 6.45) is 2.23. The van der Waals surface area contributed by atoms with Crippen molar-refractivity contribution >= 4 is 15.9 Å². The Labute approximate surface area is 141 Å². The number of nitrogens with zero attached hydrogens (tertiary/aromatic N) is 1. The average molecular weight is 358 g/mol. The zero-order valence-electron chi connectivity index (χ0n) is 13.6. The van der Waals surface area contributed by atoms with Crippen LogP contribution in [0, 0.1) is 11.7 Å². The predicted molar refractivity (Wildman–Crippen MR) is 87.2 cm³/mol. The van der Waals surface area contributed by atoms with Gasteiger partial charge in [0.25, 0.3) is 0 Å². The summed E-state index contributed by atoms with van der Waals surface area (Å²) in [6.45, 7) is 0.357. The lowest BCUT2D eigenvalue weighted by Crippen LogP contribution is -2.45. The zero-order valence-corrected chi connectivity index (χ0v) is 14.4. The number of amides is 1. The maximum Gasteiger partial charge on any atom is 0.242 e. The Bertz CT molecular complexity index is 657. The summed E-state index contributed by atoms with van der Waals surface area (Å²) in [4.78, 5) is 11.8. The number of hydrogen-bond donors (Lipinski definition) is 2. The van der Waals surface area contributed by atoms with Crippen LogP contribution in [0.5, 0.6) is 0 Å². The molecule has 24 heavy (non-hydrogen) atoms. The maximum atomic E-state index is 12.9. The number of rotatable bonds is 8. The molecule has 0 saturated heterocycles. The molecule has 0 radical (unpaired) electrons.